The third kappa shape index (κ3) is 10.4. The van der Waals surface area contributed by atoms with E-state index in [1.165, 1.54) is 0 Å². The molecule has 0 rings (SSSR count). The summed E-state index contributed by atoms with van der Waals surface area (Å²) in [6, 6.07) is 0. The molecule has 0 unspecified atom stereocenters. The number of carbonyl (C=O) groups excluding carboxylic acids is 3. The number of alkyl halides is 22. The van der Waals surface area contributed by atoms with Crippen molar-refractivity contribution in [3.63, 3.8) is 0 Å². The van der Waals surface area contributed by atoms with Crippen molar-refractivity contribution >= 4 is 17.8 Å². The maximum Gasteiger partial charge on any atom is 0.460 e. The Bertz CT molecular complexity index is 1190. The van der Waals surface area contributed by atoms with Crippen molar-refractivity contribution in [2.75, 3.05) is 13.1 Å². The van der Waals surface area contributed by atoms with Crippen LogP contribution in [0, 0.1) is 0 Å². The average Bonchev–Trinajstić information content (AvgIpc) is 2.94. The molecule has 6 nitrogen and oxygen atoms in total. The Morgan fingerprint density at radius 3 is 1.02 bits per heavy atom. The highest BCUT2D eigenvalue weighted by Crippen LogP contribution is 2.56. The topological polar surface area (TPSA) is 84.5 Å². The molecule has 0 aromatic carbocycles. The van der Waals surface area contributed by atoms with Crippen LogP contribution >= 0.6 is 0 Å². The summed E-state index contributed by atoms with van der Waals surface area (Å²) in [5.74, 6) is -60.8. The van der Waals surface area contributed by atoms with Gasteiger partial charge in [-0.15, -0.1) is 0 Å². The minimum absolute atomic E-state index is 0.619. The Labute approximate surface area is 268 Å². The Morgan fingerprint density at radius 2 is 0.784 bits per heavy atom. The lowest BCUT2D eigenvalue weighted by Gasteiger charge is -2.34. The number of nitrogens with one attached hydrogen (secondary N) is 2. The van der Waals surface area contributed by atoms with Crippen LogP contribution in [-0.4, -0.2) is 96.7 Å². The van der Waals surface area contributed by atoms with Gasteiger partial charge in [-0.05, 0) is 6.92 Å². The Kier molecular flexibility index (Phi) is 13.9. The second-order valence-corrected chi connectivity index (χ2v) is 10.3. The lowest BCUT2D eigenvalue weighted by Crippen LogP contribution is -2.61. The van der Waals surface area contributed by atoms with Crippen LogP contribution in [0.3, 0.4) is 0 Å². The maximum absolute atomic E-state index is 14.1. The van der Waals surface area contributed by atoms with Gasteiger partial charge in [-0.25, -0.2) is 4.79 Å². The number of amides is 2. The van der Waals surface area contributed by atoms with Gasteiger partial charge in [-0.3, -0.25) is 9.59 Å². The van der Waals surface area contributed by atoms with Crippen molar-refractivity contribution in [2.45, 2.75) is 98.4 Å². The van der Waals surface area contributed by atoms with Gasteiger partial charge in [0, 0.05) is 31.3 Å². The number of carbonyl (C=O) groups is 3. The number of hydrogen-bond acceptors (Lipinski definition) is 4. The number of hydrogen-bond donors (Lipinski definition) is 2. The molecule has 0 spiro atoms. The first-order chi connectivity index (χ1) is 22.2. The van der Waals surface area contributed by atoms with Crippen LogP contribution in [-0.2, 0) is 19.1 Å². The zero-order valence-electron chi connectivity index (χ0n) is 24.5. The summed E-state index contributed by atoms with van der Waals surface area (Å²) in [4.78, 5) is 35.2. The molecule has 2 N–H and O–H groups in total. The lowest BCUT2D eigenvalue weighted by atomic mass is 9.97. The van der Waals surface area contributed by atoms with Crippen molar-refractivity contribution in [2.24, 2.45) is 0 Å². The fourth-order valence-electron chi connectivity index (χ4n) is 3.06. The molecular weight excluding hydrogens is 786 g/mol. The molecule has 0 saturated heterocycles. The van der Waals surface area contributed by atoms with Gasteiger partial charge in [0.1, 0.15) is 6.10 Å². The molecular formula is C23H20F22N2O4. The second kappa shape index (κ2) is 14.9. The molecule has 0 aliphatic carbocycles. The first-order valence-electron chi connectivity index (χ1n) is 12.8. The van der Waals surface area contributed by atoms with Crippen LogP contribution in [0.2, 0.25) is 0 Å². The van der Waals surface area contributed by atoms with E-state index in [-0.39, 0.29) is 0 Å². The third-order valence-electron chi connectivity index (χ3n) is 6.19. The minimum Gasteiger partial charge on any atom is -0.455 e. The maximum atomic E-state index is 14.1. The summed E-state index contributed by atoms with van der Waals surface area (Å²) in [5.41, 5.74) is -0.619. The van der Waals surface area contributed by atoms with Crippen LogP contribution in [0.15, 0.2) is 12.2 Å². The summed E-state index contributed by atoms with van der Waals surface area (Å²) in [6.45, 7) is 0.529. The summed E-state index contributed by atoms with van der Waals surface area (Å²) in [5, 5.41) is 2.01. The molecule has 0 aliphatic rings. The molecule has 0 heterocycles. The van der Waals surface area contributed by atoms with Crippen molar-refractivity contribution in [1.82, 2.24) is 10.6 Å². The predicted octanol–water partition coefficient (Wildman–Crippen LogP) is 7.47. The van der Waals surface area contributed by atoms with E-state index in [2.05, 4.69) is 11.3 Å². The standard InChI is InChI=1S/C23H20F22N2O4/c1-9(2)11(48)51-10(7-46-12(49)14(24,25)3-5-16(28,29)18(32,33)20(36,37)22(40,41)42)8-47-13(50)15(26,27)4-6-17(30,31)19(34,35)21(38,39)23(43,44)45/h10H,1,3-8H2,2H3,(H,46,49)(H,47,50). The molecule has 0 aromatic rings. The molecule has 0 radical (unpaired) electrons. The van der Waals surface area contributed by atoms with Crippen molar-refractivity contribution < 1.29 is 116 Å². The zero-order chi connectivity index (χ0) is 41.3. The normalized spacial score (nSPS) is 14.7. The van der Waals surface area contributed by atoms with E-state index in [4.69, 9.17) is 0 Å². The van der Waals surface area contributed by atoms with Gasteiger partial charge >= 0.3 is 65.7 Å². The first kappa shape index (κ1) is 47.6. The van der Waals surface area contributed by atoms with E-state index in [9.17, 15) is 111 Å². The van der Waals surface area contributed by atoms with Crippen molar-refractivity contribution in [1.29, 1.82) is 0 Å². The lowest BCUT2D eigenvalue weighted by molar-refractivity contribution is -0.397. The highest BCUT2D eigenvalue weighted by atomic mass is 19.4. The van der Waals surface area contributed by atoms with Gasteiger partial charge in [0.2, 0.25) is 0 Å². The second-order valence-electron chi connectivity index (χ2n) is 10.3. The molecule has 0 bridgehead atoms. The highest BCUT2D eigenvalue weighted by Gasteiger charge is 2.82. The zero-order valence-corrected chi connectivity index (χ0v) is 24.5. The van der Waals surface area contributed by atoms with Crippen LogP contribution in [0.4, 0.5) is 96.6 Å². The monoisotopic (exact) mass is 806 g/mol. The quantitative estimate of drug-likeness (QED) is 0.0856. The van der Waals surface area contributed by atoms with Crippen molar-refractivity contribution in [3.8, 4) is 0 Å². The Hall–Kier alpha value is -3.39. The van der Waals surface area contributed by atoms with E-state index in [1.807, 2.05) is 0 Å². The Morgan fingerprint density at radius 1 is 0.510 bits per heavy atom. The summed E-state index contributed by atoms with van der Waals surface area (Å²) < 4.78 is 293. The molecule has 51 heavy (non-hydrogen) atoms. The number of esters is 1. The molecule has 0 saturated carbocycles. The van der Waals surface area contributed by atoms with Crippen LogP contribution in [0.1, 0.15) is 32.6 Å². The molecule has 0 aromatic heterocycles. The molecule has 300 valence electrons. The molecule has 28 heteroatoms. The smallest absolute Gasteiger partial charge is 0.455 e. The summed E-state index contributed by atoms with van der Waals surface area (Å²) in [6.07, 6.45) is -29.2. The van der Waals surface area contributed by atoms with Crippen LogP contribution in [0.5, 0.6) is 0 Å². The SMILES string of the molecule is C=C(C)C(=O)OC(CNC(=O)C(F)(F)CCC(F)(F)C(F)(F)C(F)(F)C(F)(F)F)CNC(=O)C(F)(F)CCC(F)(F)C(F)(F)C(F)(F)C(F)(F)F. The minimum atomic E-state index is -7.48. The third-order valence-corrected chi connectivity index (χ3v) is 6.19. The van der Waals surface area contributed by atoms with E-state index in [0.29, 0.717) is 0 Å². The van der Waals surface area contributed by atoms with Gasteiger partial charge in [0.25, 0.3) is 11.8 Å². The van der Waals surface area contributed by atoms with E-state index in [0.717, 1.165) is 17.6 Å². The first-order valence-corrected chi connectivity index (χ1v) is 12.8. The van der Waals surface area contributed by atoms with Gasteiger partial charge < -0.3 is 15.4 Å². The van der Waals surface area contributed by atoms with Crippen molar-refractivity contribution in [3.05, 3.63) is 12.2 Å². The van der Waals surface area contributed by atoms with Gasteiger partial charge in [0.15, 0.2) is 0 Å². The van der Waals surface area contributed by atoms with Gasteiger partial charge in [0.05, 0.1) is 13.1 Å². The largest absolute Gasteiger partial charge is 0.460 e. The number of ether oxygens (including phenoxy) is 1. The Balaban J connectivity index is 5.77. The fraction of sp³-hybridized carbons (Fsp3) is 0.783. The average molecular weight is 806 g/mol. The number of rotatable bonds is 18. The molecule has 0 fully saturated rings. The van der Waals surface area contributed by atoms with Crippen LogP contribution in [0.25, 0.3) is 0 Å². The predicted molar refractivity (Wildman–Crippen MR) is 121 cm³/mol. The highest BCUT2D eigenvalue weighted by molar-refractivity contribution is 5.87. The van der Waals surface area contributed by atoms with Gasteiger partial charge in [-0.2, -0.15) is 96.6 Å². The molecule has 0 aliphatic heterocycles. The molecule has 0 atom stereocenters. The fourth-order valence-corrected chi connectivity index (χ4v) is 3.06. The van der Waals surface area contributed by atoms with Gasteiger partial charge in [-0.1, -0.05) is 6.58 Å². The summed E-state index contributed by atoms with van der Waals surface area (Å²) in [7, 11) is 0. The number of halogens is 22. The van der Waals surface area contributed by atoms with E-state index >= 15 is 0 Å². The molecule has 2 amide bonds. The van der Waals surface area contributed by atoms with E-state index < -0.39 is 128 Å². The van der Waals surface area contributed by atoms with E-state index in [1.54, 1.807) is 0 Å². The summed E-state index contributed by atoms with van der Waals surface area (Å²) >= 11 is 0. The van der Waals surface area contributed by atoms with Crippen LogP contribution < -0.4 is 10.6 Å².